The van der Waals surface area contributed by atoms with Crippen LogP contribution in [0.2, 0.25) is 0 Å². The third-order valence-corrected chi connectivity index (χ3v) is 6.93. The van der Waals surface area contributed by atoms with Crippen molar-refractivity contribution in [3.05, 3.63) is 83.9 Å². The number of rotatable bonds is 5. The fourth-order valence-electron chi connectivity index (χ4n) is 4.99. The number of hydrogen-bond donors (Lipinski definition) is 2. The minimum absolute atomic E-state index is 0.231. The van der Waals surface area contributed by atoms with E-state index in [1.807, 2.05) is 48.5 Å². The number of aromatic hydroxyl groups is 2. The molecule has 1 fully saturated rings. The van der Waals surface area contributed by atoms with Gasteiger partial charge in [-0.25, -0.2) is 0 Å². The summed E-state index contributed by atoms with van der Waals surface area (Å²) in [4.78, 5) is 2.50. The van der Waals surface area contributed by atoms with Gasteiger partial charge in [0.25, 0.3) is 0 Å². The zero-order valence-electron chi connectivity index (χ0n) is 20.9. The SMILES string of the molecule is C[C@@H]1CCN(C[C@@H](C)Oc2ccccc2)C1.C[C@@H]1c2cc(O)ccc2OC[C@H]1c1ccc(O)cc1. The van der Waals surface area contributed by atoms with Crippen molar-refractivity contribution in [3.63, 3.8) is 0 Å². The zero-order valence-corrected chi connectivity index (χ0v) is 20.9. The molecule has 186 valence electrons. The summed E-state index contributed by atoms with van der Waals surface area (Å²) in [6, 6.07) is 22.5. The molecule has 0 saturated carbocycles. The first kappa shape index (κ1) is 24.9. The minimum atomic E-state index is 0.231. The number of hydrogen-bond acceptors (Lipinski definition) is 5. The van der Waals surface area contributed by atoms with Crippen LogP contribution >= 0.6 is 0 Å². The van der Waals surface area contributed by atoms with Crippen LogP contribution in [0.1, 0.15) is 50.2 Å². The number of para-hydroxylation sites is 1. The van der Waals surface area contributed by atoms with Crippen LogP contribution in [-0.2, 0) is 0 Å². The monoisotopic (exact) mass is 475 g/mol. The molecule has 3 aromatic carbocycles. The fraction of sp³-hybridized carbons (Fsp3) is 0.400. The van der Waals surface area contributed by atoms with Gasteiger partial charge < -0.3 is 19.7 Å². The summed E-state index contributed by atoms with van der Waals surface area (Å²) in [5.41, 5.74) is 2.17. The predicted octanol–water partition coefficient (Wildman–Crippen LogP) is 6.17. The average Bonchev–Trinajstić information content (AvgIpc) is 3.26. The second-order valence-electron chi connectivity index (χ2n) is 9.91. The summed E-state index contributed by atoms with van der Waals surface area (Å²) in [5.74, 6) is 3.70. The lowest BCUT2D eigenvalue weighted by atomic mass is 9.81. The van der Waals surface area contributed by atoms with Gasteiger partial charge in [0.1, 0.15) is 29.1 Å². The van der Waals surface area contributed by atoms with E-state index in [2.05, 4.69) is 25.7 Å². The molecule has 4 atom stereocenters. The number of benzene rings is 3. The van der Waals surface area contributed by atoms with E-state index >= 15 is 0 Å². The van der Waals surface area contributed by atoms with E-state index in [-0.39, 0.29) is 29.4 Å². The van der Waals surface area contributed by atoms with Crippen LogP contribution in [0, 0.1) is 5.92 Å². The molecule has 1 saturated heterocycles. The van der Waals surface area contributed by atoms with Crippen molar-refractivity contribution < 1.29 is 19.7 Å². The number of nitrogens with zero attached hydrogens (tertiary/aromatic N) is 1. The van der Waals surface area contributed by atoms with E-state index in [9.17, 15) is 10.2 Å². The Labute approximate surface area is 208 Å². The molecule has 0 aliphatic carbocycles. The van der Waals surface area contributed by atoms with E-state index < -0.39 is 0 Å². The van der Waals surface area contributed by atoms with E-state index in [0.717, 1.165) is 35.1 Å². The maximum atomic E-state index is 9.61. The highest BCUT2D eigenvalue weighted by atomic mass is 16.5. The Morgan fingerprint density at radius 3 is 2.37 bits per heavy atom. The highest BCUT2D eigenvalue weighted by Crippen LogP contribution is 2.43. The Morgan fingerprint density at radius 1 is 0.971 bits per heavy atom. The van der Waals surface area contributed by atoms with E-state index in [4.69, 9.17) is 9.47 Å². The summed E-state index contributed by atoms with van der Waals surface area (Å²) >= 11 is 0. The first-order valence-corrected chi connectivity index (χ1v) is 12.6. The van der Waals surface area contributed by atoms with Crippen LogP contribution in [-0.4, -0.2) is 47.5 Å². The van der Waals surface area contributed by atoms with Crippen molar-refractivity contribution in [1.29, 1.82) is 0 Å². The third kappa shape index (κ3) is 6.70. The van der Waals surface area contributed by atoms with Crippen molar-refractivity contribution in [2.45, 2.75) is 45.1 Å². The summed E-state index contributed by atoms with van der Waals surface area (Å²) in [6.45, 7) is 10.7. The summed E-state index contributed by atoms with van der Waals surface area (Å²) < 4.78 is 11.6. The molecule has 35 heavy (non-hydrogen) atoms. The van der Waals surface area contributed by atoms with Crippen LogP contribution in [0.15, 0.2) is 72.8 Å². The lowest BCUT2D eigenvalue weighted by molar-refractivity contribution is 0.160. The van der Waals surface area contributed by atoms with Gasteiger partial charge in [0.15, 0.2) is 0 Å². The molecule has 0 radical (unpaired) electrons. The molecule has 0 bridgehead atoms. The topological polar surface area (TPSA) is 62.2 Å². The smallest absolute Gasteiger partial charge is 0.123 e. The number of phenolic OH excluding ortho intramolecular Hbond substituents is 2. The highest BCUT2D eigenvalue weighted by molar-refractivity contribution is 5.45. The first-order chi connectivity index (χ1) is 16.9. The molecule has 5 nitrogen and oxygen atoms in total. The summed E-state index contributed by atoms with van der Waals surface area (Å²) in [7, 11) is 0. The quantitative estimate of drug-likeness (QED) is 0.462. The van der Waals surface area contributed by atoms with E-state index in [0.29, 0.717) is 6.61 Å². The van der Waals surface area contributed by atoms with Crippen LogP contribution < -0.4 is 9.47 Å². The Balaban J connectivity index is 0.000000168. The number of phenols is 2. The average molecular weight is 476 g/mol. The lowest BCUT2D eigenvalue weighted by Gasteiger charge is -2.31. The normalized spacial score (nSPS) is 22.3. The fourth-order valence-corrected chi connectivity index (χ4v) is 4.99. The van der Waals surface area contributed by atoms with Crippen molar-refractivity contribution in [2.75, 3.05) is 26.2 Å². The van der Waals surface area contributed by atoms with Gasteiger partial charge in [-0.05, 0) is 79.8 Å². The van der Waals surface area contributed by atoms with Crippen LogP contribution in [0.4, 0.5) is 0 Å². The Hall–Kier alpha value is -3.18. The molecule has 0 amide bonds. The first-order valence-electron chi connectivity index (χ1n) is 12.6. The van der Waals surface area contributed by atoms with Gasteiger partial charge in [0.2, 0.25) is 0 Å². The molecular weight excluding hydrogens is 438 g/mol. The Bertz CT molecular complexity index is 1070. The molecule has 2 aliphatic rings. The Kier molecular flexibility index (Phi) is 8.19. The van der Waals surface area contributed by atoms with Gasteiger partial charge in [-0.1, -0.05) is 44.2 Å². The predicted molar refractivity (Wildman–Crippen MR) is 140 cm³/mol. The van der Waals surface area contributed by atoms with Gasteiger partial charge in [0, 0.05) is 24.6 Å². The van der Waals surface area contributed by atoms with Gasteiger partial charge in [-0.2, -0.15) is 0 Å². The second-order valence-corrected chi connectivity index (χ2v) is 9.91. The number of ether oxygens (including phenoxy) is 2. The largest absolute Gasteiger partial charge is 0.508 e. The maximum absolute atomic E-state index is 9.61. The maximum Gasteiger partial charge on any atom is 0.123 e. The van der Waals surface area contributed by atoms with Crippen LogP contribution in [0.5, 0.6) is 23.0 Å². The molecule has 2 N–H and O–H groups in total. The number of fused-ring (bicyclic) bond motifs is 1. The lowest BCUT2D eigenvalue weighted by Crippen LogP contribution is -2.32. The van der Waals surface area contributed by atoms with E-state index in [1.54, 1.807) is 24.3 Å². The minimum Gasteiger partial charge on any atom is -0.508 e. The molecule has 3 aromatic rings. The molecule has 5 rings (SSSR count). The Morgan fingerprint density at radius 2 is 1.69 bits per heavy atom. The van der Waals surface area contributed by atoms with Crippen LogP contribution in [0.3, 0.4) is 0 Å². The molecular formula is C30H37NO4. The second kappa shape index (κ2) is 11.5. The zero-order chi connectivity index (χ0) is 24.8. The molecule has 0 spiro atoms. The van der Waals surface area contributed by atoms with E-state index in [1.165, 1.54) is 19.5 Å². The molecule has 0 unspecified atom stereocenters. The molecule has 2 aliphatic heterocycles. The highest BCUT2D eigenvalue weighted by Gasteiger charge is 2.29. The molecule has 2 heterocycles. The molecule has 0 aromatic heterocycles. The third-order valence-electron chi connectivity index (χ3n) is 6.93. The number of likely N-dealkylation sites (tertiary alicyclic amines) is 1. The van der Waals surface area contributed by atoms with Gasteiger partial charge >= 0.3 is 0 Å². The summed E-state index contributed by atoms with van der Waals surface area (Å²) in [5, 5.41) is 19.0. The summed E-state index contributed by atoms with van der Waals surface area (Å²) in [6.07, 6.45) is 1.60. The molecule has 5 heteroatoms. The van der Waals surface area contributed by atoms with Gasteiger partial charge in [0.05, 0.1) is 6.61 Å². The van der Waals surface area contributed by atoms with Crippen molar-refractivity contribution in [2.24, 2.45) is 5.92 Å². The van der Waals surface area contributed by atoms with Crippen LogP contribution in [0.25, 0.3) is 0 Å². The standard InChI is InChI=1S/C16H16O3.C14H21NO/c1-10-14-8-13(18)6-7-16(14)19-9-15(10)11-2-4-12(17)5-3-11;1-12-8-9-15(10-12)11-13(2)16-14-6-4-3-5-7-14/h2-8,10,15,17-18H,9H2,1H3;3-7,12-13H,8-11H2,1-2H3/t10-,15-;12-,13-/m11/s1. The van der Waals surface area contributed by atoms with Gasteiger partial charge in [-0.15, -0.1) is 0 Å². The van der Waals surface area contributed by atoms with Crippen molar-refractivity contribution in [1.82, 2.24) is 4.90 Å². The van der Waals surface area contributed by atoms with Crippen molar-refractivity contribution in [3.8, 4) is 23.0 Å². The van der Waals surface area contributed by atoms with Crippen molar-refractivity contribution >= 4 is 0 Å². The van der Waals surface area contributed by atoms with Gasteiger partial charge in [-0.3, -0.25) is 4.90 Å².